The molecule has 0 bridgehead atoms. The Morgan fingerprint density at radius 3 is 2.29 bits per heavy atom. The summed E-state index contributed by atoms with van der Waals surface area (Å²) < 4.78 is 12.7. The van der Waals surface area contributed by atoms with Crippen molar-refractivity contribution in [3.05, 3.63) is 52.5 Å². The summed E-state index contributed by atoms with van der Waals surface area (Å²) in [6.45, 7) is 5.46. The molecule has 1 saturated heterocycles. The van der Waals surface area contributed by atoms with Gasteiger partial charge < -0.3 is 19.5 Å². The second kappa shape index (κ2) is 13.8. The first-order valence-electron chi connectivity index (χ1n) is 11.8. The summed E-state index contributed by atoms with van der Waals surface area (Å²) in [6.07, 6.45) is 6.47. The van der Waals surface area contributed by atoms with Crippen LogP contribution in [-0.2, 0) is 6.61 Å². The van der Waals surface area contributed by atoms with E-state index >= 15 is 0 Å². The summed E-state index contributed by atoms with van der Waals surface area (Å²) in [5, 5.41) is 10.8. The Hall–Kier alpha value is -1.18. The molecular weight excluding hydrogens is 539 g/mol. The van der Waals surface area contributed by atoms with Gasteiger partial charge in [-0.15, -0.1) is 24.8 Å². The fraction of sp³-hybridized carbons (Fsp3) is 0.538. The minimum atomic E-state index is -0.427. The van der Waals surface area contributed by atoms with Crippen LogP contribution < -0.4 is 14.4 Å². The van der Waals surface area contributed by atoms with Gasteiger partial charge in [-0.05, 0) is 46.8 Å². The molecule has 1 aliphatic heterocycles. The smallest absolute Gasteiger partial charge is 0.175 e. The number of aliphatic hydroxyl groups is 1. The predicted molar refractivity (Wildman–Crippen MR) is 147 cm³/mol. The molecule has 1 saturated carbocycles. The lowest BCUT2D eigenvalue weighted by Crippen LogP contribution is -2.48. The van der Waals surface area contributed by atoms with E-state index in [0.717, 1.165) is 79.2 Å². The summed E-state index contributed by atoms with van der Waals surface area (Å²) in [7, 11) is 1.69. The van der Waals surface area contributed by atoms with Gasteiger partial charge in [0, 0.05) is 44.5 Å². The topological polar surface area (TPSA) is 45.2 Å². The van der Waals surface area contributed by atoms with Crippen LogP contribution in [0.3, 0.4) is 0 Å². The van der Waals surface area contributed by atoms with Gasteiger partial charge in [0.2, 0.25) is 0 Å². The zero-order chi connectivity index (χ0) is 22.4. The average molecular weight is 576 g/mol. The molecule has 0 aromatic heterocycles. The Kier molecular flexibility index (Phi) is 11.8. The fourth-order valence-electron chi connectivity index (χ4n) is 4.81. The van der Waals surface area contributed by atoms with Gasteiger partial charge in [-0.25, -0.2) is 0 Å². The molecule has 2 aliphatic rings. The molecule has 2 aromatic rings. The molecule has 34 heavy (non-hydrogen) atoms. The van der Waals surface area contributed by atoms with E-state index in [1.54, 1.807) is 7.11 Å². The number of nitrogens with zero attached hydrogens (tertiary/aromatic N) is 2. The van der Waals surface area contributed by atoms with Crippen molar-refractivity contribution in [1.29, 1.82) is 0 Å². The van der Waals surface area contributed by atoms with Crippen molar-refractivity contribution in [3.63, 3.8) is 0 Å². The third-order valence-electron chi connectivity index (χ3n) is 6.86. The highest BCUT2D eigenvalue weighted by atomic mass is 79.9. The largest absolute Gasteiger partial charge is 0.493 e. The maximum atomic E-state index is 10.8. The first-order valence-corrected chi connectivity index (χ1v) is 12.6. The Balaban J connectivity index is 0.00000204. The highest BCUT2D eigenvalue weighted by molar-refractivity contribution is 9.10. The SMILES string of the molecule is COc1cc(N2CCN(CCC3(O)CCCCC3)CC2)cc(Br)c1OCc1ccccc1.Cl.Cl. The molecule has 4 rings (SSSR count). The molecule has 8 heteroatoms. The minimum Gasteiger partial charge on any atom is -0.493 e. The fourth-order valence-corrected chi connectivity index (χ4v) is 5.36. The van der Waals surface area contributed by atoms with E-state index in [1.807, 2.05) is 18.2 Å². The first kappa shape index (κ1) is 29.1. The lowest BCUT2D eigenvalue weighted by Gasteiger charge is -2.39. The van der Waals surface area contributed by atoms with Crippen LogP contribution in [0.5, 0.6) is 11.5 Å². The van der Waals surface area contributed by atoms with E-state index < -0.39 is 5.60 Å². The molecule has 2 aromatic carbocycles. The van der Waals surface area contributed by atoms with Crippen molar-refractivity contribution in [2.75, 3.05) is 44.7 Å². The minimum absolute atomic E-state index is 0. The van der Waals surface area contributed by atoms with Gasteiger partial charge in [-0.1, -0.05) is 49.6 Å². The number of piperazine rings is 1. The third kappa shape index (κ3) is 7.66. The number of rotatable bonds is 8. The Morgan fingerprint density at radius 2 is 1.65 bits per heavy atom. The molecule has 2 fully saturated rings. The van der Waals surface area contributed by atoms with Crippen molar-refractivity contribution in [2.45, 2.75) is 50.7 Å². The van der Waals surface area contributed by atoms with Gasteiger partial charge in [0.25, 0.3) is 0 Å². The molecule has 0 spiro atoms. The maximum absolute atomic E-state index is 10.8. The molecule has 1 aliphatic carbocycles. The standard InChI is InChI=1S/C26H35BrN2O3.2ClH/c1-31-24-19-22(18-23(27)25(24)32-20-21-8-4-2-5-9-21)29-16-14-28(15-17-29)13-12-26(30)10-6-3-7-11-26;;/h2,4-5,8-9,18-19,30H,3,6-7,10-17,20H2,1H3;2*1H. The number of ether oxygens (including phenoxy) is 2. The number of methoxy groups -OCH3 is 1. The quantitative estimate of drug-likeness (QED) is 0.413. The van der Waals surface area contributed by atoms with Crippen molar-refractivity contribution < 1.29 is 14.6 Å². The van der Waals surface area contributed by atoms with Crippen molar-refractivity contribution in [1.82, 2.24) is 4.90 Å². The van der Waals surface area contributed by atoms with Crippen molar-refractivity contribution in [2.24, 2.45) is 0 Å². The van der Waals surface area contributed by atoms with Crippen molar-refractivity contribution in [3.8, 4) is 11.5 Å². The highest BCUT2D eigenvalue weighted by Gasteiger charge is 2.30. The Labute approximate surface area is 224 Å². The van der Waals surface area contributed by atoms with E-state index in [-0.39, 0.29) is 24.8 Å². The Morgan fingerprint density at radius 1 is 0.971 bits per heavy atom. The van der Waals surface area contributed by atoms with E-state index in [2.05, 4.69) is 50.0 Å². The van der Waals surface area contributed by atoms with E-state index in [4.69, 9.17) is 9.47 Å². The van der Waals surface area contributed by atoms with Crippen LogP contribution in [0.2, 0.25) is 0 Å². The van der Waals surface area contributed by atoms with Crippen LogP contribution in [0.4, 0.5) is 5.69 Å². The molecule has 190 valence electrons. The van der Waals surface area contributed by atoms with Crippen LogP contribution in [0.1, 0.15) is 44.1 Å². The molecular formula is C26H37BrCl2N2O3. The molecule has 0 amide bonds. The van der Waals surface area contributed by atoms with Crippen LogP contribution in [0.15, 0.2) is 46.9 Å². The maximum Gasteiger partial charge on any atom is 0.175 e. The molecule has 1 N–H and O–H groups in total. The molecule has 0 atom stereocenters. The van der Waals surface area contributed by atoms with Crippen LogP contribution >= 0.6 is 40.7 Å². The van der Waals surface area contributed by atoms with E-state index in [0.29, 0.717) is 6.61 Å². The third-order valence-corrected chi connectivity index (χ3v) is 7.44. The number of benzene rings is 2. The number of hydrogen-bond acceptors (Lipinski definition) is 5. The summed E-state index contributed by atoms with van der Waals surface area (Å²) in [6, 6.07) is 14.4. The van der Waals surface area contributed by atoms with Gasteiger partial charge in [0.1, 0.15) is 6.61 Å². The van der Waals surface area contributed by atoms with Crippen LogP contribution in [0, 0.1) is 0 Å². The second-order valence-corrected chi connectivity index (χ2v) is 9.95. The van der Waals surface area contributed by atoms with E-state index in [1.165, 1.54) is 19.3 Å². The second-order valence-electron chi connectivity index (χ2n) is 9.10. The van der Waals surface area contributed by atoms with Crippen LogP contribution in [-0.4, -0.2) is 55.4 Å². The van der Waals surface area contributed by atoms with Crippen molar-refractivity contribution >= 4 is 46.4 Å². The number of anilines is 1. The average Bonchev–Trinajstić information content (AvgIpc) is 2.83. The molecule has 0 radical (unpaired) electrons. The zero-order valence-corrected chi connectivity index (χ0v) is 23.1. The zero-order valence-electron chi connectivity index (χ0n) is 19.9. The molecule has 5 nitrogen and oxygen atoms in total. The number of hydrogen-bond donors (Lipinski definition) is 1. The molecule has 1 heterocycles. The lowest BCUT2D eigenvalue weighted by molar-refractivity contribution is -0.0118. The van der Waals surface area contributed by atoms with Gasteiger partial charge in [0.15, 0.2) is 11.5 Å². The Bertz CT molecular complexity index is 874. The lowest BCUT2D eigenvalue weighted by atomic mass is 9.82. The summed E-state index contributed by atoms with van der Waals surface area (Å²) >= 11 is 3.70. The van der Waals surface area contributed by atoms with Gasteiger partial charge in [-0.2, -0.15) is 0 Å². The van der Waals surface area contributed by atoms with Gasteiger partial charge >= 0.3 is 0 Å². The first-order chi connectivity index (χ1) is 15.6. The number of halogens is 3. The monoisotopic (exact) mass is 574 g/mol. The molecule has 0 unspecified atom stereocenters. The van der Waals surface area contributed by atoms with Gasteiger partial charge in [0.05, 0.1) is 17.2 Å². The summed E-state index contributed by atoms with van der Waals surface area (Å²) in [4.78, 5) is 4.90. The van der Waals surface area contributed by atoms with Crippen LogP contribution in [0.25, 0.3) is 0 Å². The van der Waals surface area contributed by atoms with Gasteiger partial charge in [-0.3, -0.25) is 4.90 Å². The summed E-state index contributed by atoms with van der Waals surface area (Å²) in [5.41, 5.74) is 1.84. The predicted octanol–water partition coefficient (Wildman–Crippen LogP) is 6.09. The normalized spacial score (nSPS) is 17.9. The van der Waals surface area contributed by atoms with E-state index in [9.17, 15) is 5.11 Å². The summed E-state index contributed by atoms with van der Waals surface area (Å²) in [5.74, 6) is 1.48. The highest BCUT2D eigenvalue weighted by Crippen LogP contribution is 2.40.